The lowest BCUT2D eigenvalue weighted by atomic mass is 9.81. The van der Waals surface area contributed by atoms with E-state index in [0.717, 1.165) is 11.1 Å². The van der Waals surface area contributed by atoms with E-state index < -0.39 is 9.85 Å². The van der Waals surface area contributed by atoms with Gasteiger partial charge in [-0.25, -0.2) is 0 Å². The van der Waals surface area contributed by atoms with Gasteiger partial charge in [0.1, 0.15) is 0 Å². The normalized spacial score (nSPS) is 20.6. The molecule has 7 heteroatoms. The molecule has 32 heavy (non-hydrogen) atoms. The molecule has 4 rings (SSSR count). The Bertz CT molecular complexity index is 1110. The molecule has 1 aliphatic rings. The number of non-ortho nitro benzene ring substituents is 2. The van der Waals surface area contributed by atoms with Crippen molar-refractivity contribution < 1.29 is 14.6 Å². The summed E-state index contributed by atoms with van der Waals surface area (Å²) in [5.74, 6) is 0.150. The monoisotopic (exact) mass is 432 g/mol. The Kier molecular flexibility index (Phi) is 6.01. The Morgan fingerprint density at radius 2 is 1.25 bits per heavy atom. The fourth-order valence-corrected chi connectivity index (χ4v) is 4.32. The van der Waals surface area contributed by atoms with Gasteiger partial charge in [-0.05, 0) is 60.4 Å². The maximum Gasteiger partial charge on any atom is 0.269 e. The standard InChI is InChI=1S/C25H24N2O5/c1-16-9-10-18(11-17(16)2)21-14-24(19-5-3-7-22(12-19)26(28)29)32-25(15-21)20-6-4-8-23(13-20)27(30)31/h3-13,21,24-25H,14-15H2,1-2H3/t21?,24-,25+. The van der Waals surface area contributed by atoms with Gasteiger partial charge in [-0.1, -0.05) is 42.5 Å². The average Bonchev–Trinajstić information content (AvgIpc) is 2.80. The Morgan fingerprint density at radius 3 is 1.72 bits per heavy atom. The number of rotatable bonds is 5. The van der Waals surface area contributed by atoms with Crippen molar-refractivity contribution in [2.24, 2.45) is 0 Å². The minimum Gasteiger partial charge on any atom is -0.366 e. The summed E-state index contributed by atoms with van der Waals surface area (Å²) in [6.07, 6.45) is 0.628. The second kappa shape index (κ2) is 8.88. The highest BCUT2D eigenvalue weighted by atomic mass is 16.6. The molecule has 0 aliphatic carbocycles. The van der Waals surface area contributed by atoms with E-state index >= 15 is 0 Å². The number of nitrogens with zero attached hydrogens (tertiary/aromatic N) is 2. The van der Waals surface area contributed by atoms with Crippen molar-refractivity contribution in [2.45, 2.75) is 44.8 Å². The molecule has 3 aromatic carbocycles. The maximum atomic E-state index is 11.3. The first-order valence-electron chi connectivity index (χ1n) is 10.5. The van der Waals surface area contributed by atoms with Crippen LogP contribution in [0.4, 0.5) is 11.4 Å². The zero-order valence-electron chi connectivity index (χ0n) is 17.9. The van der Waals surface area contributed by atoms with Crippen LogP contribution >= 0.6 is 0 Å². The molecule has 0 saturated carbocycles. The molecule has 1 unspecified atom stereocenters. The van der Waals surface area contributed by atoms with Crippen LogP contribution in [-0.2, 0) is 4.74 Å². The number of ether oxygens (including phenoxy) is 1. The van der Waals surface area contributed by atoms with E-state index in [9.17, 15) is 20.2 Å². The topological polar surface area (TPSA) is 95.5 Å². The molecule has 1 aliphatic heterocycles. The summed E-state index contributed by atoms with van der Waals surface area (Å²) < 4.78 is 6.39. The summed E-state index contributed by atoms with van der Waals surface area (Å²) in [5.41, 5.74) is 5.12. The van der Waals surface area contributed by atoms with Crippen molar-refractivity contribution in [1.29, 1.82) is 0 Å². The van der Waals surface area contributed by atoms with E-state index in [-0.39, 0.29) is 29.5 Å². The van der Waals surface area contributed by atoms with Gasteiger partial charge in [-0.3, -0.25) is 20.2 Å². The number of hydrogen-bond donors (Lipinski definition) is 0. The van der Waals surface area contributed by atoms with Crippen molar-refractivity contribution >= 4 is 11.4 Å². The Morgan fingerprint density at radius 1 is 0.719 bits per heavy atom. The third kappa shape index (κ3) is 4.53. The lowest BCUT2D eigenvalue weighted by Gasteiger charge is -2.36. The van der Waals surface area contributed by atoms with Crippen LogP contribution in [0.25, 0.3) is 0 Å². The van der Waals surface area contributed by atoms with Crippen LogP contribution < -0.4 is 0 Å². The third-order valence-electron chi connectivity index (χ3n) is 6.23. The van der Waals surface area contributed by atoms with E-state index in [1.165, 1.54) is 28.8 Å². The van der Waals surface area contributed by atoms with Gasteiger partial charge in [0.05, 0.1) is 22.1 Å². The highest BCUT2D eigenvalue weighted by Crippen LogP contribution is 2.46. The van der Waals surface area contributed by atoms with Gasteiger partial charge >= 0.3 is 0 Å². The van der Waals surface area contributed by atoms with Gasteiger partial charge in [0.2, 0.25) is 0 Å². The van der Waals surface area contributed by atoms with Gasteiger partial charge in [-0.15, -0.1) is 0 Å². The molecule has 1 fully saturated rings. The molecule has 3 aromatic rings. The number of hydrogen-bond acceptors (Lipinski definition) is 5. The molecule has 1 saturated heterocycles. The van der Waals surface area contributed by atoms with E-state index in [4.69, 9.17) is 4.74 Å². The molecule has 3 atom stereocenters. The fourth-order valence-electron chi connectivity index (χ4n) is 4.32. The van der Waals surface area contributed by atoms with Crippen LogP contribution in [0.15, 0.2) is 66.7 Å². The number of nitro benzene ring substituents is 2. The highest BCUT2D eigenvalue weighted by molar-refractivity contribution is 5.39. The molecule has 0 N–H and O–H groups in total. The lowest BCUT2D eigenvalue weighted by Crippen LogP contribution is -2.22. The second-order valence-corrected chi connectivity index (χ2v) is 8.33. The largest absolute Gasteiger partial charge is 0.366 e. The molecular weight excluding hydrogens is 408 g/mol. The van der Waals surface area contributed by atoms with E-state index in [2.05, 4.69) is 32.0 Å². The molecular formula is C25H24N2O5. The van der Waals surface area contributed by atoms with Crippen LogP contribution in [0.5, 0.6) is 0 Å². The zero-order valence-corrected chi connectivity index (χ0v) is 17.9. The average molecular weight is 432 g/mol. The Labute approximate surface area is 186 Å². The first-order valence-corrected chi connectivity index (χ1v) is 10.5. The van der Waals surface area contributed by atoms with Crippen LogP contribution in [-0.4, -0.2) is 9.85 Å². The lowest BCUT2D eigenvalue weighted by molar-refractivity contribution is -0.385. The van der Waals surface area contributed by atoms with Gasteiger partial charge in [0, 0.05) is 24.3 Å². The molecule has 0 radical (unpaired) electrons. The van der Waals surface area contributed by atoms with Gasteiger partial charge < -0.3 is 4.74 Å². The van der Waals surface area contributed by atoms with Gasteiger partial charge in [0.25, 0.3) is 11.4 Å². The summed E-state index contributed by atoms with van der Waals surface area (Å²) in [6.45, 7) is 4.15. The summed E-state index contributed by atoms with van der Waals surface area (Å²) in [5, 5.41) is 22.6. The fraction of sp³-hybridized carbons (Fsp3) is 0.280. The summed E-state index contributed by atoms with van der Waals surface area (Å²) in [7, 11) is 0. The SMILES string of the molecule is Cc1ccc(C2C[C@@H](c3cccc([N+](=O)[O-])c3)O[C@@H](c3cccc([N+](=O)[O-])c3)C2)cc1C. The molecule has 1 heterocycles. The van der Waals surface area contributed by atoms with Crippen LogP contribution in [0.1, 0.15) is 58.8 Å². The Hall–Kier alpha value is -3.58. The number of benzene rings is 3. The maximum absolute atomic E-state index is 11.3. The van der Waals surface area contributed by atoms with Gasteiger partial charge in [0.15, 0.2) is 0 Å². The summed E-state index contributed by atoms with van der Waals surface area (Å²) >= 11 is 0. The molecule has 7 nitrogen and oxygen atoms in total. The minimum absolute atomic E-state index is 0.0197. The molecule has 0 amide bonds. The minimum atomic E-state index is -0.412. The van der Waals surface area contributed by atoms with Crippen LogP contribution in [0.3, 0.4) is 0 Å². The molecule has 164 valence electrons. The second-order valence-electron chi connectivity index (χ2n) is 8.33. The molecule has 0 spiro atoms. The van der Waals surface area contributed by atoms with E-state index in [1.54, 1.807) is 24.3 Å². The van der Waals surface area contributed by atoms with Crippen molar-refractivity contribution in [3.05, 3.63) is 115 Å². The predicted octanol–water partition coefficient (Wildman–Crippen LogP) is 6.50. The smallest absolute Gasteiger partial charge is 0.269 e. The van der Waals surface area contributed by atoms with Crippen LogP contribution in [0.2, 0.25) is 0 Å². The molecule has 0 aromatic heterocycles. The van der Waals surface area contributed by atoms with E-state index in [1.807, 2.05) is 12.1 Å². The first-order chi connectivity index (χ1) is 15.3. The van der Waals surface area contributed by atoms with Crippen molar-refractivity contribution in [1.82, 2.24) is 0 Å². The summed E-state index contributed by atoms with van der Waals surface area (Å²) in [6, 6.07) is 19.4. The summed E-state index contributed by atoms with van der Waals surface area (Å²) in [4.78, 5) is 21.7. The number of aryl methyl sites for hydroxylation is 2. The van der Waals surface area contributed by atoms with E-state index in [0.29, 0.717) is 12.8 Å². The number of nitro groups is 2. The Balaban J connectivity index is 1.73. The predicted molar refractivity (Wildman–Crippen MR) is 121 cm³/mol. The highest BCUT2D eigenvalue weighted by Gasteiger charge is 2.33. The zero-order chi connectivity index (χ0) is 22.8. The first kappa shape index (κ1) is 21.6. The van der Waals surface area contributed by atoms with Crippen LogP contribution in [0, 0.1) is 34.1 Å². The third-order valence-corrected chi connectivity index (χ3v) is 6.23. The van der Waals surface area contributed by atoms with Crippen molar-refractivity contribution in [2.75, 3.05) is 0 Å². The van der Waals surface area contributed by atoms with Gasteiger partial charge in [-0.2, -0.15) is 0 Å². The quantitative estimate of drug-likeness (QED) is 0.339. The molecule has 0 bridgehead atoms. The van der Waals surface area contributed by atoms with Crippen molar-refractivity contribution in [3.63, 3.8) is 0 Å². The van der Waals surface area contributed by atoms with Crippen molar-refractivity contribution in [3.8, 4) is 0 Å².